The molecule has 1 heterocycles. The predicted molar refractivity (Wildman–Crippen MR) is 77.8 cm³/mol. The van der Waals surface area contributed by atoms with E-state index >= 15 is 0 Å². The van der Waals surface area contributed by atoms with Crippen molar-refractivity contribution in [1.29, 1.82) is 0 Å². The van der Waals surface area contributed by atoms with Gasteiger partial charge in [0, 0.05) is 13.7 Å². The van der Waals surface area contributed by atoms with Gasteiger partial charge >= 0.3 is 0 Å². The zero-order chi connectivity index (χ0) is 14.6. The topological polar surface area (TPSA) is 41.6 Å². The summed E-state index contributed by atoms with van der Waals surface area (Å²) in [7, 11) is 1.70. The molecular weight excluding hydrogens is 240 g/mol. The summed E-state index contributed by atoms with van der Waals surface area (Å²) in [6, 6.07) is -0.0205. The lowest BCUT2D eigenvalue weighted by atomic mass is 10.0. The second-order valence-electron chi connectivity index (χ2n) is 6.53. The highest BCUT2D eigenvalue weighted by Gasteiger charge is 2.39. The number of methoxy groups -OCH3 is 1. The smallest absolute Gasteiger partial charge is 0.241 e. The van der Waals surface area contributed by atoms with Gasteiger partial charge in [0.1, 0.15) is 0 Å². The van der Waals surface area contributed by atoms with Crippen molar-refractivity contribution in [2.45, 2.75) is 65.8 Å². The number of nitrogens with zero attached hydrogens (tertiary/aromatic N) is 1. The van der Waals surface area contributed by atoms with Gasteiger partial charge in [0.05, 0.1) is 18.3 Å². The van der Waals surface area contributed by atoms with Gasteiger partial charge in [0.2, 0.25) is 5.91 Å². The van der Waals surface area contributed by atoms with E-state index in [0.717, 1.165) is 12.8 Å². The van der Waals surface area contributed by atoms with Gasteiger partial charge in [-0.2, -0.15) is 0 Å². The van der Waals surface area contributed by atoms with Crippen LogP contribution in [0, 0.1) is 11.8 Å². The molecule has 1 N–H and O–H groups in total. The van der Waals surface area contributed by atoms with Crippen molar-refractivity contribution in [3.63, 3.8) is 0 Å². The van der Waals surface area contributed by atoms with Crippen molar-refractivity contribution < 1.29 is 9.53 Å². The normalized spacial score (nSPS) is 25.7. The summed E-state index contributed by atoms with van der Waals surface area (Å²) in [6.07, 6.45) is 2.15. The highest BCUT2D eigenvalue weighted by Crippen LogP contribution is 2.21. The number of amides is 1. The molecule has 0 aromatic heterocycles. The highest BCUT2D eigenvalue weighted by molar-refractivity contribution is 5.84. The number of ether oxygens (including phenoxy) is 1. The van der Waals surface area contributed by atoms with E-state index < -0.39 is 0 Å². The number of carbonyl (C=O) groups is 1. The standard InChI is InChI=1S/C15H30N2O2/c1-10(2)7-13-15(18)17(9-12(5)19-6)14(16-13)8-11(3)4/h10-14,16H,7-9H2,1-6H3. The van der Waals surface area contributed by atoms with Crippen molar-refractivity contribution in [3.8, 4) is 0 Å². The zero-order valence-electron chi connectivity index (χ0n) is 13.3. The van der Waals surface area contributed by atoms with E-state index in [1.54, 1.807) is 7.11 Å². The van der Waals surface area contributed by atoms with Crippen LogP contribution >= 0.6 is 0 Å². The minimum Gasteiger partial charge on any atom is -0.380 e. The molecule has 1 fully saturated rings. The van der Waals surface area contributed by atoms with Crippen LogP contribution < -0.4 is 5.32 Å². The molecule has 1 rings (SSSR count). The minimum absolute atomic E-state index is 0.0205. The summed E-state index contributed by atoms with van der Waals surface area (Å²) in [5.74, 6) is 1.34. The molecule has 1 aliphatic heterocycles. The third-order valence-electron chi connectivity index (χ3n) is 3.61. The van der Waals surface area contributed by atoms with Gasteiger partial charge in [-0.15, -0.1) is 0 Å². The number of hydrogen-bond acceptors (Lipinski definition) is 3. The Bertz CT molecular complexity index is 292. The molecule has 0 radical (unpaired) electrons. The molecular formula is C15H30N2O2. The Morgan fingerprint density at radius 2 is 1.74 bits per heavy atom. The number of carbonyl (C=O) groups excluding carboxylic acids is 1. The first-order chi connectivity index (χ1) is 8.85. The fourth-order valence-electron chi connectivity index (χ4n) is 2.60. The lowest BCUT2D eigenvalue weighted by molar-refractivity contribution is -0.132. The van der Waals surface area contributed by atoms with Crippen LogP contribution in [0.25, 0.3) is 0 Å². The third-order valence-corrected chi connectivity index (χ3v) is 3.61. The van der Waals surface area contributed by atoms with Crippen molar-refractivity contribution in [2.24, 2.45) is 11.8 Å². The maximum atomic E-state index is 12.5. The van der Waals surface area contributed by atoms with Crippen LogP contribution in [0.1, 0.15) is 47.5 Å². The van der Waals surface area contributed by atoms with Gasteiger partial charge in [-0.3, -0.25) is 10.1 Å². The number of hydrogen-bond donors (Lipinski definition) is 1. The molecule has 0 aromatic rings. The molecule has 3 unspecified atom stereocenters. The molecule has 1 saturated heterocycles. The molecule has 4 heteroatoms. The second kappa shape index (κ2) is 7.25. The summed E-state index contributed by atoms with van der Waals surface area (Å²) < 4.78 is 5.31. The van der Waals surface area contributed by atoms with E-state index in [2.05, 4.69) is 33.0 Å². The Hall–Kier alpha value is -0.610. The van der Waals surface area contributed by atoms with E-state index in [-0.39, 0.29) is 24.2 Å². The van der Waals surface area contributed by atoms with Crippen molar-refractivity contribution in [3.05, 3.63) is 0 Å². The summed E-state index contributed by atoms with van der Waals surface area (Å²) in [5, 5.41) is 3.50. The van der Waals surface area contributed by atoms with Gasteiger partial charge in [-0.25, -0.2) is 0 Å². The molecule has 19 heavy (non-hydrogen) atoms. The average Bonchev–Trinajstić information content (AvgIpc) is 2.56. The van der Waals surface area contributed by atoms with Crippen LogP contribution in [0.3, 0.4) is 0 Å². The first-order valence-corrected chi connectivity index (χ1v) is 7.44. The Kier molecular flexibility index (Phi) is 6.27. The maximum absolute atomic E-state index is 12.5. The van der Waals surface area contributed by atoms with Crippen LogP contribution in [0.2, 0.25) is 0 Å². The lowest BCUT2D eigenvalue weighted by Crippen LogP contribution is -2.42. The SMILES string of the molecule is COC(C)CN1C(=O)C(CC(C)C)NC1CC(C)C. The van der Waals surface area contributed by atoms with Crippen molar-refractivity contribution in [2.75, 3.05) is 13.7 Å². The largest absolute Gasteiger partial charge is 0.380 e. The summed E-state index contributed by atoms with van der Waals surface area (Å²) in [6.45, 7) is 11.4. The summed E-state index contributed by atoms with van der Waals surface area (Å²) >= 11 is 0. The fourth-order valence-corrected chi connectivity index (χ4v) is 2.60. The Morgan fingerprint density at radius 1 is 1.16 bits per heavy atom. The van der Waals surface area contributed by atoms with Crippen LogP contribution in [-0.2, 0) is 9.53 Å². The van der Waals surface area contributed by atoms with E-state index in [0.29, 0.717) is 18.4 Å². The van der Waals surface area contributed by atoms with Crippen LogP contribution in [0.5, 0.6) is 0 Å². The molecule has 0 aromatic carbocycles. The first-order valence-electron chi connectivity index (χ1n) is 7.44. The van der Waals surface area contributed by atoms with E-state index in [1.807, 2.05) is 11.8 Å². The molecule has 0 saturated carbocycles. The van der Waals surface area contributed by atoms with Crippen LogP contribution in [0.4, 0.5) is 0 Å². The molecule has 0 aliphatic carbocycles. The van der Waals surface area contributed by atoms with E-state index in [4.69, 9.17) is 4.74 Å². The summed E-state index contributed by atoms with van der Waals surface area (Å²) in [5.41, 5.74) is 0. The molecule has 3 atom stereocenters. The lowest BCUT2D eigenvalue weighted by Gasteiger charge is -2.27. The monoisotopic (exact) mass is 270 g/mol. The Balaban J connectivity index is 2.73. The summed E-state index contributed by atoms with van der Waals surface area (Å²) in [4.78, 5) is 14.5. The third kappa shape index (κ3) is 4.77. The minimum atomic E-state index is -0.0205. The number of nitrogens with one attached hydrogen (secondary N) is 1. The predicted octanol–water partition coefficient (Wildman–Crippen LogP) is 2.24. The fraction of sp³-hybridized carbons (Fsp3) is 0.933. The molecule has 0 spiro atoms. The molecule has 0 bridgehead atoms. The molecule has 1 amide bonds. The quantitative estimate of drug-likeness (QED) is 0.771. The Labute approximate surface area is 117 Å². The average molecular weight is 270 g/mol. The van der Waals surface area contributed by atoms with Gasteiger partial charge in [0.25, 0.3) is 0 Å². The molecule has 4 nitrogen and oxygen atoms in total. The highest BCUT2D eigenvalue weighted by atomic mass is 16.5. The Morgan fingerprint density at radius 3 is 2.21 bits per heavy atom. The van der Waals surface area contributed by atoms with Crippen molar-refractivity contribution in [1.82, 2.24) is 10.2 Å². The van der Waals surface area contributed by atoms with Gasteiger partial charge in [-0.1, -0.05) is 27.7 Å². The van der Waals surface area contributed by atoms with Crippen LogP contribution in [0.15, 0.2) is 0 Å². The molecule has 1 aliphatic rings. The van der Waals surface area contributed by atoms with Gasteiger partial charge < -0.3 is 9.64 Å². The van der Waals surface area contributed by atoms with E-state index in [9.17, 15) is 4.79 Å². The molecule has 112 valence electrons. The number of rotatable bonds is 7. The van der Waals surface area contributed by atoms with Gasteiger partial charge in [0.15, 0.2) is 0 Å². The van der Waals surface area contributed by atoms with Gasteiger partial charge in [-0.05, 0) is 31.6 Å². The second-order valence-corrected chi connectivity index (χ2v) is 6.53. The zero-order valence-corrected chi connectivity index (χ0v) is 13.3. The maximum Gasteiger partial charge on any atom is 0.241 e. The van der Waals surface area contributed by atoms with Crippen LogP contribution in [-0.4, -0.2) is 42.8 Å². The van der Waals surface area contributed by atoms with E-state index in [1.165, 1.54) is 0 Å². The van der Waals surface area contributed by atoms with Crippen molar-refractivity contribution >= 4 is 5.91 Å². The first kappa shape index (κ1) is 16.4.